The van der Waals surface area contributed by atoms with Gasteiger partial charge in [-0.25, -0.2) is 8.42 Å². The molecule has 25 heteroatoms. The smallest absolute Gasteiger partial charge is 0.339 e. The third kappa shape index (κ3) is 10.8. The topological polar surface area (TPSA) is 247 Å². The van der Waals surface area contributed by atoms with E-state index in [1.165, 1.54) is 12.7 Å². The Balaban J connectivity index is 0.000000181. The first kappa shape index (κ1) is 55.9. The number of aryl methyl sites for hydroxylation is 4. The number of hydrogen-bond donors (Lipinski definition) is 1. The van der Waals surface area contributed by atoms with Crippen LogP contribution in [0.1, 0.15) is 18.6 Å². The number of rotatable bonds is 8. The summed E-state index contributed by atoms with van der Waals surface area (Å²) in [5.74, 6) is 4.00. The van der Waals surface area contributed by atoms with Crippen LogP contribution in [0.15, 0.2) is 131 Å². The summed E-state index contributed by atoms with van der Waals surface area (Å²) in [6.45, 7) is 2.00. The zero-order valence-corrected chi connectivity index (χ0v) is 43.0. The molecule has 0 saturated heterocycles. The van der Waals surface area contributed by atoms with Gasteiger partial charge in [0.2, 0.25) is 25.0 Å². The van der Waals surface area contributed by atoms with E-state index in [9.17, 15) is 42.2 Å². The second kappa shape index (κ2) is 22.1. The van der Waals surface area contributed by atoms with Crippen LogP contribution in [0.3, 0.4) is 0 Å². The van der Waals surface area contributed by atoms with Crippen LogP contribution >= 0.6 is 10.7 Å². The molecule has 4 aliphatic heterocycles. The lowest BCUT2D eigenvalue weighted by Crippen LogP contribution is -3.00. The minimum Gasteiger partial charge on any atom is -1.00 e. The second-order valence-corrected chi connectivity index (χ2v) is 20.7. The Morgan fingerprint density at radius 1 is 0.592 bits per heavy atom. The monoisotopic (exact) mass is 1140 g/mol. The molecule has 0 unspecified atom stereocenters. The van der Waals surface area contributed by atoms with Crippen LogP contribution in [0.2, 0.25) is 0 Å². The predicted molar refractivity (Wildman–Crippen MR) is 267 cm³/mol. The van der Waals surface area contributed by atoms with E-state index in [1.807, 2.05) is 47.3 Å². The molecule has 0 aliphatic carbocycles. The summed E-state index contributed by atoms with van der Waals surface area (Å²) < 4.78 is 90.1. The minimum absolute atomic E-state index is 0. The Hall–Kier alpha value is -7.89. The molecule has 2 aromatic heterocycles. The highest BCUT2D eigenvalue weighted by Gasteiger charge is 2.32. The van der Waals surface area contributed by atoms with Crippen LogP contribution in [0.5, 0.6) is 46.0 Å². The van der Waals surface area contributed by atoms with Gasteiger partial charge in [0, 0.05) is 59.9 Å². The average Bonchev–Trinajstić information content (AvgIpc) is 4.09. The molecule has 0 atom stereocenters. The van der Waals surface area contributed by atoms with E-state index in [4.69, 9.17) is 43.3 Å². The van der Waals surface area contributed by atoms with E-state index >= 15 is 0 Å². The first-order valence-electron chi connectivity index (χ1n) is 22.0. The summed E-state index contributed by atoms with van der Waals surface area (Å²) in [4.78, 5) is 19.5. The maximum Gasteiger partial charge on any atom is 0.339 e. The highest BCUT2D eigenvalue weighted by molar-refractivity contribution is 8.13. The standard InChI is InChI=1S/C25H19N2O8S.C19H15NO4.C6H4ClNO4S.CH4.2ClH/c1-32-22-7-2-15-10-21-19-12-24-23(33-14-34-24)11-16(19)8-9-26(21)13-20(15)25(22)35-36(30,31)18-5-3-17(4-6-18)27(28)29;1-22-16-3-2-11-6-15-13-8-18-17(23-10-24-18)7-12(13)4-5-20(15)9-14(11)19(16)21;7-13(11,12)6-3-1-5(2-4-6)8(9)10;;;/h2-7,10-13H,8-9,14H2,1H3;2-3,6-9H,4-5,10H2,1H3;1-4H;1H4;2*1H/q+1;;;;;/p-1. The summed E-state index contributed by atoms with van der Waals surface area (Å²) in [6, 6.07) is 28.3. The normalized spacial score (nSPS) is 12.9. The van der Waals surface area contributed by atoms with Gasteiger partial charge in [-0.1, -0.05) is 7.43 Å². The number of nitro benzene ring substituents is 2. The van der Waals surface area contributed by atoms with Crippen molar-refractivity contribution in [2.24, 2.45) is 0 Å². The van der Waals surface area contributed by atoms with Gasteiger partial charge in [0.25, 0.3) is 20.4 Å². The third-order valence-corrected chi connectivity index (χ3v) is 15.1. The fraction of sp³-hybridized carbons (Fsp3) is 0.176. The maximum atomic E-state index is 13.1. The number of halogens is 3. The second-order valence-electron chi connectivity index (χ2n) is 16.6. The van der Waals surface area contributed by atoms with E-state index in [1.54, 1.807) is 19.2 Å². The number of aromatic hydroxyl groups is 1. The molecule has 4 aliphatic rings. The molecule has 20 nitrogen and oxygen atoms in total. The number of hydrogen-bond acceptors (Lipinski definition) is 16. The lowest BCUT2D eigenvalue weighted by molar-refractivity contribution is -0.686. The number of non-ortho nitro benzene ring substituents is 2. The quantitative estimate of drug-likeness (QED) is 0.0756. The lowest BCUT2D eigenvalue weighted by atomic mass is 9.95. The number of methoxy groups -OCH3 is 2. The number of aromatic nitrogens is 2. The molecule has 0 fully saturated rings. The van der Waals surface area contributed by atoms with Crippen molar-refractivity contribution in [2.45, 2.75) is 43.1 Å². The Morgan fingerprint density at radius 2 is 1.01 bits per heavy atom. The van der Waals surface area contributed by atoms with Gasteiger partial charge < -0.3 is 62.5 Å². The van der Waals surface area contributed by atoms with Gasteiger partial charge in [-0.2, -0.15) is 17.6 Å². The molecule has 12 rings (SSSR count). The highest BCUT2D eigenvalue weighted by Crippen LogP contribution is 2.44. The Kier molecular flexibility index (Phi) is 16.3. The molecule has 1 N–H and O–H groups in total. The van der Waals surface area contributed by atoms with Crippen molar-refractivity contribution >= 4 is 62.8 Å². The van der Waals surface area contributed by atoms with Crippen LogP contribution < -0.4 is 66.6 Å². The van der Waals surface area contributed by atoms with Crippen molar-refractivity contribution in [1.82, 2.24) is 0 Å². The van der Waals surface area contributed by atoms with Gasteiger partial charge in [-0.15, -0.1) is 0 Å². The third-order valence-electron chi connectivity index (χ3n) is 12.5. The molecular weight excluding hydrogens is 1100 g/mol. The van der Waals surface area contributed by atoms with Crippen LogP contribution in [0.4, 0.5) is 11.4 Å². The average molecular weight is 1140 g/mol. The first-order valence-corrected chi connectivity index (χ1v) is 25.7. The highest BCUT2D eigenvalue weighted by atomic mass is 35.7. The summed E-state index contributed by atoms with van der Waals surface area (Å²) in [6.07, 6.45) is 5.52. The van der Waals surface area contributed by atoms with Crippen molar-refractivity contribution in [2.75, 3.05) is 27.8 Å². The van der Waals surface area contributed by atoms with Gasteiger partial charge >= 0.3 is 10.1 Å². The number of phenols is 1. The fourth-order valence-electron chi connectivity index (χ4n) is 8.84. The van der Waals surface area contributed by atoms with E-state index in [2.05, 4.69) is 22.8 Å². The maximum absolute atomic E-state index is 13.1. The molecule has 396 valence electrons. The van der Waals surface area contributed by atoms with Gasteiger partial charge in [0.05, 0.1) is 50.9 Å². The Morgan fingerprint density at radius 3 is 1.46 bits per heavy atom. The number of pyridine rings is 2. The summed E-state index contributed by atoms with van der Waals surface area (Å²) in [7, 11) is -0.113. The Bertz CT molecular complexity index is 3830. The molecule has 8 aromatic rings. The van der Waals surface area contributed by atoms with Gasteiger partial charge in [-0.3, -0.25) is 20.2 Å². The van der Waals surface area contributed by atoms with Crippen LogP contribution in [-0.2, 0) is 45.1 Å². The molecule has 0 saturated carbocycles. The fourth-order valence-corrected chi connectivity index (χ4v) is 10.6. The van der Waals surface area contributed by atoms with Gasteiger partial charge in [-0.05, 0) is 94.7 Å². The molecule has 0 amide bonds. The molecule has 6 aromatic carbocycles. The molecule has 6 heterocycles. The number of nitrogens with zero attached hydrogens (tertiary/aromatic N) is 4. The molecular formula is C51H43Cl3N4O16S2. The van der Waals surface area contributed by atoms with E-state index in [-0.39, 0.29) is 84.2 Å². The number of nitro groups is 2. The largest absolute Gasteiger partial charge is 1.00 e. The first-order chi connectivity index (χ1) is 35.0. The van der Waals surface area contributed by atoms with Crippen LogP contribution in [0.25, 0.3) is 44.1 Å². The zero-order chi connectivity index (χ0) is 51.3. The van der Waals surface area contributed by atoms with E-state index < -0.39 is 29.0 Å². The predicted octanol–water partition coefficient (Wildman–Crippen LogP) is 2.72. The van der Waals surface area contributed by atoms with Gasteiger partial charge in [0.1, 0.15) is 4.90 Å². The van der Waals surface area contributed by atoms with Crippen molar-refractivity contribution in [1.29, 1.82) is 0 Å². The summed E-state index contributed by atoms with van der Waals surface area (Å²) >= 11 is 0. The number of fused-ring (bicyclic) bond motifs is 10. The number of phenolic OH excluding ortho intramolecular Hbond substituents is 1. The van der Waals surface area contributed by atoms with Crippen molar-refractivity contribution in [3.8, 4) is 68.5 Å². The minimum atomic E-state index is -4.30. The SMILES string of the molecule is C.COc1ccc2cc3[n+](cc2c1O)CCc1cc2c(cc1-3)OCO2.COc1ccc2cc3[n+](cc2c1OS(=O)(=O)c1ccc([N+](=O)[O-])cc1)CCc1cc2c(cc1-3)OCO2.O=[N+]([O-])c1ccc(S(=O)(=O)Cl)cc1.[Cl-].[Cl-]. The molecule has 0 bridgehead atoms. The molecule has 0 spiro atoms. The van der Waals surface area contributed by atoms with Gasteiger partial charge in [0.15, 0.2) is 71.5 Å². The van der Waals surface area contributed by atoms with E-state index in [0.717, 1.165) is 129 Å². The summed E-state index contributed by atoms with van der Waals surface area (Å²) in [5, 5.41) is 34.6. The van der Waals surface area contributed by atoms with Crippen molar-refractivity contribution in [3.05, 3.63) is 153 Å². The lowest BCUT2D eigenvalue weighted by Gasteiger charge is -2.17. The van der Waals surface area contributed by atoms with Crippen molar-refractivity contribution < 1.29 is 98.3 Å². The molecule has 76 heavy (non-hydrogen) atoms. The van der Waals surface area contributed by atoms with E-state index in [0.29, 0.717) is 23.4 Å². The number of ether oxygens (including phenoxy) is 6. The summed E-state index contributed by atoms with van der Waals surface area (Å²) in [5.41, 5.74) is 6.25. The van der Waals surface area contributed by atoms with Crippen molar-refractivity contribution in [3.63, 3.8) is 0 Å². The molecule has 0 radical (unpaired) electrons. The Labute approximate surface area is 451 Å². The zero-order valence-electron chi connectivity index (χ0n) is 39.1. The van der Waals surface area contributed by atoms with Crippen LogP contribution in [0, 0.1) is 20.2 Å². The van der Waals surface area contributed by atoms with Crippen LogP contribution in [-0.4, -0.2) is 59.6 Å². The number of benzene rings is 6.